The van der Waals surface area contributed by atoms with Gasteiger partial charge < -0.3 is 36.9 Å². The van der Waals surface area contributed by atoms with Crippen LogP contribution in [0.1, 0.15) is 77.0 Å². The topological polar surface area (TPSA) is 221 Å². The first-order valence-corrected chi connectivity index (χ1v) is 17.8. The maximum atomic E-state index is 14.4. The van der Waals surface area contributed by atoms with E-state index in [0.29, 0.717) is 33.8 Å². The van der Waals surface area contributed by atoms with Crippen LogP contribution < -0.4 is 32.0 Å². The van der Waals surface area contributed by atoms with Gasteiger partial charge in [-0.3, -0.25) is 24.0 Å². The van der Waals surface area contributed by atoms with E-state index in [-0.39, 0.29) is 82.9 Å². The lowest BCUT2D eigenvalue weighted by Crippen LogP contribution is -2.46. The molecule has 3 rings (SSSR count). The summed E-state index contributed by atoms with van der Waals surface area (Å²) in [5.74, 6) is -2.55. The zero-order valence-corrected chi connectivity index (χ0v) is 31.0. The maximum Gasteiger partial charge on any atom is 0.226 e. The normalized spacial score (nSPS) is 18.3. The van der Waals surface area contributed by atoms with Crippen LogP contribution in [0.25, 0.3) is 11.1 Å². The second kappa shape index (κ2) is 19.3. The van der Waals surface area contributed by atoms with Gasteiger partial charge in [0.15, 0.2) is 11.6 Å². The molecule has 1 heterocycles. The number of ether oxygens (including phenoxy) is 2. The summed E-state index contributed by atoms with van der Waals surface area (Å²) in [6.07, 6.45) is -0.0231. The van der Waals surface area contributed by atoms with Crippen molar-refractivity contribution in [3.05, 3.63) is 47.5 Å². The van der Waals surface area contributed by atoms with E-state index in [2.05, 4.69) is 5.32 Å². The van der Waals surface area contributed by atoms with Gasteiger partial charge >= 0.3 is 0 Å². The summed E-state index contributed by atoms with van der Waals surface area (Å²) in [6.45, 7) is 7.96. The molecule has 52 heavy (non-hydrogen) atoms. The van der Waals surface area contributed by atoms with Gasteiger partial charge in [0.05, 0.1) is 12.1 Å². The van der Waals surface area contributed by atoms with Gasteiger partial charge in [-0.25, -0.2) is 0 Å². The fourth-order valence-electron chi connectivity index (χ4n) is 6.17. The molecule has 2 aromatic rings. The average Bonchev–Trinajstić information content (AvgIpc) is 3.10. The molecule has 1 aliphatic heterocycles. The minimum absolute atomic E-state index is 0.0143. The van der Waals surface area contributed by atoms with Gasteiger partial charge in [-0.15, -0.1) is 0 Å². The van der Waals surface area contributed by atoms with Crippen molar-refractivity contribution in [2.75, 3.05) is 39.9 Å². The molecule has 4 bridgehead atoms. The molecule has 0 aromatic heterocycles. The zero-order valence-electron chi connectivity index (χ0n) is 31.0. The third-order valence-corrected chi connectivity index (χ3v) is 9.16. The van der Waals surface area contributed by atoms with E-state index in [1.807, 2.05) is 12.1 Å². The fraction of sp³-hybridized carbons (Fsp3) is 0.538. The van der Waals surface area contributed by atoms with Crippen LogP contribution in [0, 0.1) is 28.6 Å². The largest absolute Gasteiger partial charge is 0.492 e. The van der Waals surface area contributed by atoms with E-state index < -0.39 is 46.9 Å². The molecule has 0 saturated heterocycles. The smallest absolute Gasteiger partial charge is 0.226 e. The van der Waals surface area contributed by atoms with Gasteiger partial charge in [0, 0.05) is 74.2 Å². The molecular weight excluding hydrogens is 664 g/mol. The van der Waals surface area contributed by atoms with Gasteiger partial charge in [-0.05, 0) is 54.8 Å². The highest BCUT2D eigenvalue weighted by Gasteiger charge is 2.37. The Kier molecular flexibility index (Phi) is 15.5. The van der Waals surface area contributed by atoms with Gasteiger partial charge in [-0.1, -0.05) is 39.8 Å². The van der Waals surface area contributed by atoms with E-state index >= 15 is 0 Å². The van der Waals surface area contributed by atoms with Crippen LogP contribution in [0.5, 0.6) is 11.5 Å². The number of nitriles is 1. The number of hydrogen-bond acceptors (Lipinski definition) is 11. The van der Waals surface area contributed by atoms with Gasteiger partial charge in [-0.2, -0.15) is 5.26 Å². The predicted molar refractivity (Wildman–Crippen MR) is 197 cm³/mol. The first-order chi connectivity index (χ1) is 24.7. The summed E-state index contributed by atoms with van der Waals surface area (Å²) in [6, 6.07) is 10.4. The first-order valence-electron chi connectivity index (χ1n) is 17.8. The Morgan fingerprint density at radius 3 is 2.15 bits per heavy atom. The van der Waals surface area contributed by atoms with Crippen molar-refractivity contribution in [2.24, 2.45) is 34.5 Å². The number of nitrogens with one attached hydrogen (secondary N) is 1. The third-order valence-electron chi connectivity index (χ3n) is 9.16. The summed E-state index contributed by atoms with van der Waals surface area (Å²) >= 11 is 0. The summed E-state index contributed by atoms with van der Waals surface area (Å²) < 4.78 is 12.1. The predicted octanol–water partition coefficient (Wildman–Crippen LogP) is 3.01. The van der Waals surface area contributed by atoms with Crippen molar-refractivity contribution in [1.82, 2.24) is 10.2 Å². The summed E-state index contributed by atoms with van der Waals surface area (Å²) in [5.41, 5.74) is 19.1. The van der Waals surface area contributed by atoms with Crippen molar-refractivity contribution >= 4 is 29.2 Å². The number of nitrogens with two attached hydrogens (primary N) is 3. The van der Waals surface area contributed by atoms with E-state index in [4.69, 9.17) is 31.9 Å². The molecule has 0 unspecified atom stereocenters. The van der Waals surface area contributed by atoms with E-state index in [9.17, 15) is 24.0 Å². The minimum Gasteiger partial charge on any atom is -0.492 e. The lowest BCUT2D eigenvalue weighted by Gasteiger charge is -2.32. The van der Waals surface area contributed by atoms with Crippen LogP contribution in [-0.4, -0.2) is 80.0 Å². The molecule has 0 spiro atoms. The number of benzene rings is 2. The van der Waals surface area contributed by atoms with E-state index in [1.54, 1.807) is 58.0 Å². The monoisotopic (exact) mass is 718 g/mol. The summed E-state index contributed by atoms with van der Waals surface area (Å²) in [5, 5.41) is 12.0. The standard InChI is InChI=1S/C39H54N6O7/c1-24-19-32(47)36(45(5)38(50)27(12-14-41)23-35(48)39(2,3)4)26-9-11-34(52-18-16-43)29(22-26)28-20-25(8-10-33(28)51-17-15-42)21-30(44-37(24)49)31(46)7-6-13-40/h8-11,20,22,24,27,30,36H,6-7,12,14-19,21,23,41-43H2,1-5H3,(H,44,49)/t24-,27-,30+,36+/m1/s1. The molecule has 0 radical (unpaired) electrons. The van der Waals surface area contributed by atoms with Crippen molar-refractivity contribution in [3.8, 4) is 28.7 Å². The SMILES string of the molecule is C[C@@H]1CC(=O)[C@@H](N(C)C(=O)[C@H](CCN)CC(=O)C(C)(C)C)c2ccc(OCCN)c(c2)-c2cc(ccc2OCCN)C[C@@H](C(=O)CCC#N)NC1=O. The Labute approximate surface area is 306 Å². The molecule has 282 valence electrons. The number of rotatable bonds is 15. The Bertz CT molecular complexity index is 1650. The third kappa shape index (κ3) is 10.9. The number of carbonyl (C=O) groups is 5. The van der Waals surface area contributed by atoms with Crippen molar-refractivity contribution in [1.29, 1.82) is 5.26 Å². The van der Waals surface area contributed by atoms with Crippen molar-refractivity contribution < 1.29 is 33.4 Å². The average molecular weight is 719 g/mol. The highest BCUT2D eigenvalue weighted by molar-refractivity contribution is 5.96. The number of ketones is 3. The fourth-order valence-corrected chi connectivity index (χ4v) is 6.17. The molecule has 2 amide bonds. The van der Waals surface area contributed by atoms with Crippen LogP contribution in [0.15, 0.2) is 36.4 Å². The quantitative estimate of drug-likeness (QED) is 0.210. The Morgan fingerprint density at radius 1 is 0.962 bits per heavy atom. The number of nitrogens with zero attached hydrogens (tertiary/aromatic N) is 2. The highest BCUT2D eigenvalue weighted by Crippen LogP contribution is 2.41. The Balaban J connectivity index is 2.30. The van der Waals surface area contributed by atoms with Crippen LogP contribution in [-0.2, 0) is 30.4 Å². The molecule has 4 atom stereocenters. The number of Topliss-reactive ketones (excluding diaryl/α,β-unsaturated/α-hetero) is 3. The van der Waals surface area contributed by atoms with Gasteiger partial charge in [0.25, 0.3) is 0 Å². The van der Waals surface area contributed by atoms with Crippen LogP contribution in [0.2, 0.25) is 0 Å². The number of hydrogen-bond donors (Lipinski definition) is 4. The Hall–Kier alpha value is -4.64. The van der Waals surface area contributed by atoms with Crippen molar-refractivity contribution in [2.45, 2.75) is 78.3 Å². The molecule has 13 heteroatoms. The Morgan fingerprint density at radius 2 is 1.58 bits per heavy atom. The lowest BCUT2D eigenvalue weighted by atomic mass is 9.83. The maximum absolute atomic E-state index is 14.4. The number of fused-ring (bicyclic) bond motifs is 5. The van der Waals surface area contributed by atoms with Crippen molar-refractivity contribution in [3.63, 3.8) is 0 Å². The molecular formula is C39H54N6O7. The molecule has 0 saturated carbocycles. The number of likely N-dealkylation sites (N-methyl/N-ethyl adjacent to an activating group) is 1. The first kappa shape index (κ1) is 41.8. The molecule has 7 N–H and O–H groups in total. The number of carbonyl (C=O) groups excluding carboxylic acids is 5. The second-order valence-corrected chi connectivity index (χ2v) is 14.3. The zero-order chi connectivity index (χ0) is 38.6. The summed E-state index contributed by atoms with van der Waals surface area (Å²) in [4.78, 5) is 70.0. The van der Waals surface area contributed by atoms with E-state index in [0.717, 1.165) is 0 Å². The minimum atomic E-state index is -1.16. The van der Waals surface area contributed by atoms with Crippen LogP contribution >= 0.6 is 0 Å². The van der Waals surface area contributed by atoms with Crippen LogP contribution in [0.3, 0.4) is 0 Å². The molecule has 13 nitrogen and oxygen atoms in total. The molecule has 1 aliphatic rings. The van der Waals surface area contributed by atoms with Crippen LogP contribution in [0.4, 0.5) is 0 Å². The molecule has 2 aromatic carbocycles. The van der Waals surface area contributed by atoms with Gasteiger partial charge in [0.1, 0.15) is 36.5 Å². The van der Waals surface area contributed by atoms with Gasteiger partial charge in [0.2, 0.25) is 11.8 Å². The number of amides is 2. The summed E-state index contributed by atoms with van der Waals surface area (Å²) in [7, 11) is 1.52. The van der Waals surface area contributed by atoms with E-state index in [1.165, 1.54) is 11.9 Å². The lowest BCUT2D eigenvalue weighted by molar-refractivity contribution is -0.144. The second-order valence-electron chi connectivity index (χ2n) is 14.3. The highest BCUT2D eigenvalue weighted by atomic mass is 16.5. The molecule has 0 aliphatic carbocycles. The molecule has 0 fully saturated rings.